The molecule has 0 spiro atoms. The Bertz CT molecular complexity index is 833. The van der Waals surface area contributed by atoms with Gasteiger partial charge in [-0.2, -0.15) is 0 Å². The number of rotatable bonds is 10. The first-order valence-electron chi connectivity index (χ1n) is 10.1. The number of benzene rings is 1. The second-order valence-electron chi connectivity index (χ2n) is 6.89. The van der Waals surface area contributed by atoms with E-state index in [4.69, 9.17) is 0 Å². The van der Waals surface area contributed by atoms with Gasteiger partial charge in [0.2, 0.25) is 0 Å². The highest BCUT2D eigenvalue weighted by atomic mass is 15.1. The van der Waals surface area contributed by atoms with Crippen LogP contribution in [-0.4, -0.2) is 40.6 Å². The van der Waals surface area contributed by atoms with E-state index in [2.05, 4.69) is 70.9 Å². The summed E-state index contributed by atoms with van der Waals surface area (Å²) in [6.45, 7) is 12.1. The molecule has 26 heavy (non-hydrogen) atoms. The Labute approximate surface area is 157 Å². The molecule has 4 heteroatoms. The monoisotopic (exact) mass is 352 g/mol. The van der Waals surface area contributed by atoms with Crippen molar-refractivity contribution in [1.29, 1.82) is 0 Å². The first-order chi connectivity index (χ1) is 12.8. The molecule has 0 unspecified atom stereocenters. The summed E-state index contributed by atoms with van der Waals surface area (Å²) in [5.74, 6) is 1.02. The van der Waals surface area contributed by atoms with E-state index in [1.54, 1.807) is 0 Å². The van der Waals surface area contributed by atoms with Crippen molar-refractivity contribution in [3.05, 3.63) is 36.5 Å². The summed E-state index contributed by atoms with van der Waals surface area (Å²) in [6, 6.07) is 10.9. The molecule has 0 radical (unpaired) electrons. The molecule has 0 aliphatic carbocycles. The fraction of sp³-hybridized carbons (Fsp3) is 0.500. The first-order valence-corrected chi connectivity index (χ1v) is 10.1. The van der Waals surface area contributed by atoms with Gasteiger partial charge in [-0.25, -0.2) is 4.98 Å². The molecule has 0 atom stereocenters. The average molecular weight is 353 g/mol. The summed E-state index contributed by atoms with van der Waals surface area (Å²) in [5.41, 5.74) is 2.57. The van der Waals surface area contributed by atoms with Gasteiger partial charge in [-0.1, -0.05) is 45.4 Å². The minimum Gasteiger partial charge on any atom is -0.368 e. The number of anilines is 1. The second-order valence-corrected chi connectivity index (χ2v) is 6.89. The molecule has 1 N–H and O–H groups in total. The molecule has 2 aromatic heterocycles. The average Bonchev–Trinajstić information content (AvgIpc) is 3.01. The van der Waals surface area contributed by atoms with Crippen LogP contribution in [0.2, 0.25) is 0 Å². The van der Waals surface area contributed by atoms with Gasteiger partial charge in [-0.15, -0.1) is 0 Å². The van der Waals surface area contributed by atoms with E-state index in [1.807, 2.05) is 6.20 Å². The van der Waals surface area contributed by atoms with E-state index in [0.717, 1.165) is 45.0 Å². The van der Waals surface area contributed by atoms with Gasteiger partial charge in [0.15, 0.2) is 5.82 Å². The third-order valence-electron chi connectivity index (χ3n) is 5.25. The summed E-state index contributed by atoms with van der Waals surface area (Å²) in [6.07, 6.45) is 5.45. The fourth-order valence-corrected chi connectivity index (χ4v) is 3.73. The number of pyridine rings is 1. The topological polar surface area (TPSA) is 33.1 Å². The molecule has 0 saturated heterocycles. The third kappa shape index (κ3) is 3.85. The summed E-state index contributed by atoms with van der Waals surface area (Å²) in [5, 5.41) is 6.24. The van der Waals surface area contributed by atoms with Crippen molar-refractivity contribution in [2.75, 3.05) is 31.5 Å². The van der Waals surface area contributed by atoms with Gasteiger partial charge in [-0.05, 0) is 44.6 Å². The third-order valence-corrected chi connectivity index (χ3v) is 5.25. The lowest BCUT2D eigenvalue weighted by Crippen LogP contribution is -2.25. The molecule has 3 rings (SSSR count). The van der Waals surface area contributed by atoms with Crippen LogP contribution < -0.4 is 5.32 Å². The zero-order chi connectivity index (χ0) is 18.4. The predicted molar refractivity (Wildman–Crippen MR) is 113 cm³/mol. The molecule has 0 saturated carbocycles. The Hall–Kier alpha value is -2.07. The summed E-state index contributed by atoms with van der Waals surface area (Å²) < 4.78 is 2.45. The van der Waals surface area contributed by atoms with Crippen molar-refractivity contribution in [2.45, 2.75) is 46.6 Å². The number of unbranched alkanes of at least 4 members (excludes halogenated alkanes) is 1. The van der Waals surface area contributed by atoms with Gasteiger partial charge in [0.25, 0.3) is 0 Å². The number of aryl methyl sites for hydroxylation is 1. The lowest BCUT2D eigenvalue weighted by Gasteiger charge is -2.18. The molecule has 0 amide bonds. The second kappa shape index (κ2) is 9.04. The van der Waals surface area contributed by atoms with E-state index in [9.17, 15) is 0 Å². The molecule has 0 aliphatic rings. The van der Waals surface area contributed by atoms with Gasteiger partial charge in [0, 0.05) is 35.6 Å². The van der Waals surface area contributed by atoms with Crippen molar-refractivity contribution in [2.24, 2.45) is 0 Å². The van der Waals surface area contributed by atoms with Gasteiger partial charge in [-0.3, -0.25) is 0 Å². The maximum atomic E-state index is 4.68. The van der Waals surface area contributed by atoms with Crippen LogP contribution in [0.5, 0.6) is 0 Å². The van der Waals surface area contributed by atoms with E-state index in [0.29, 0.717) is 0 Å². The molecule has 0 bridgehead atoms. The normalized spacial score (nSPS) is 11.7. The molecular formula is C22H32N4. The molecule has 3 aromatic rings. The number of hydrogen-bond donors (Lipinski definition) is 1. The smallest absolute Gasteiger partial charge is 0.150 e. The van der Waals surface area contributed by atoms with Gasteiger partial charge >= 0.3 is 0 Å². The zero-order valence-electron chi connectivity index (χ0n) is 16.5. The number of nitrogens with one attached hydrogen (secondary N) is 1. The van der Waals surface area contributed by atoms with Gasteiger partial charge in [0.05, 0.1) is 5.52 Å². The Kier molecular flexibility index (Phi) is 6.51. The van der Waals surface area contributed by atoms with Crippen molar-refractivity contribution in [3.63, 3.8) is 0 Å². The van der Waals surface area contributed by atoms with E-state index < -0.39 is 0 Å². The lowest BCUT2D eigenvalue weighted by atomic mass is 10.2. The van der Waals surface area contributed by atoms with Crippen molar-refractivity contribution in [3.8, 4) is 0 Å². The van der Waals surface area contributed by atoms with Crippen LogP contribution in [0, 0.1) is 0 Å². The van der Waals surface area contributed by atoms with E-state index in [-0.39, 0.29) is 0 Å². The quantitative estimate of drug-likeness (QED) is 0.513. The van der Waals surface area contributed by atoms with Crippen LogP contribution in [0.4, 0.5) is 5.82 Å². The molecule has 1 aromatic carbocycles. The fourth-order valence-electron chi connectivity index (χ4n) is 3.73. The maximum absolute atomic E-state index is 4.68. The van der Waals surface area contributed by atoms with E-state index in [1.165, 1.54) is 34.6 Å². The zero-order valence-corrected chi connectivity index (χ0v) is 16.5. The Balaban J connectivity index is 1.88. The van der Waals surface area contributed by atoms with Crippen LogP contribution in [-0.2, 0) is 6.54 Å². The van der Waals surface area contributed by atoms with Crippen LogP contribution in [0.3, 0.4) is 0 Å². The Morgan fingerprint density at radius 2 is 1.81 bits per heavy atom. The van der Waals surface area contributed by atoms with Gasteiger partial charge < -0.3 is 14.8 Å². The van der Waals surface area contributed by atoms with Crippen LogP contribution >= 0.6 is 0 Å². The van der Waals surface area contributed by atoms with E-state index >= 15 is 0 Å². The standard InChI is InChI=1S/C22H32N4/c1-4-7-17-26-20-12-9-8-11-18(20)19-13-15-24-22(21(19)26)23-14-10-16-25(5-2)6-3/h8-9,11-13,15H,4-7,10,14,16-17H2,1-3H3,(H,23,24). The highest BCUT2D eigenvalue weighted by molar-refractivity contribution is 6.11. The number of para-hydroxylation sites is 1. The number of fused-ring (bicyclic) bond motifs is 3. The molecular weight excluding hydrogens is 320 g/mol. The number of hydrogen-bond acceptors (Lipinski definition) is 3. The summed E-state index contributed by atoms with van der Waals surface area (Å²) in [4.78, 5) is 7.15. The molecule has 2 heterocycles. The number of nitrogens with zero attached hydrogens (tertiary/aromatic N) is 3. The highest BCUT2D eigenvalue weighted by Crippen LogP contribution is 2.32. The minimum atomic E-state index is 0.956. The van der Waals surface area contributed by atoms with Crippen molar-refractivity contribution >= 4 is 27.6 Å². The Morgan fingerprint density at radius 1 is 1.00 bits per heavy atom. The summed E-state index contributed by atoms with van der Waals surface area (Å²) >= 11 is 0. The van der Waals surface area contributed by atoms with Crippen LogP contribution in [0.1, 0.15) is 40.0 Å². The number of aromatic nitrogens is 2. The molecule has 140 valence electrons. The molecule has 0 fully saturated rings. The minimum absolute atomic E-state index is 0.956. The van der Waals surface area contributed by atoms with Crippen molar-refractivity contribution < 1.29 is 0 Å². The molecule has 0 aliphatic heterocycles. The Morgan fingerprint density at radius 3 is 2.58 bits per heavy atom. The van der Waals surface area contributed by atoms with Crippen LogP contribution in [0.25, 0.3) is 21.8 Å². The summed E-state index contributed by atoms with van der Waals surface area (Å²) in [7, 11) is 0. The molecule has 4 nitrogen and oxygen atoms in total. The predicted octanol–water partition coefficient (Wildman–Crippen LogP) is 5.13. The highest BCUT2D eigenvalue weighted by Gasteiger charge is 2.14. The maximum Gasteiger partial charge on any atom is 0.150 e. The van der Waals surface area contributed by atoms with Crippen molar-refractivity contribution in [1.82, 2.24) is 14.5 Å². The lowest BCUT2D eigenvalue weighted by molar-refractivity contribution is 0.303. The van der Waals surface area contributed by atoms with Gasteiger partial charge in [0.1, 0.15) is 0 Å². The largest absolute Gasteiger partial charge is 0.368 e. The first kappa shape index (κ1) is 18.7. The SMILES string of the molecule is CCCCn1c2ccccc2c2ccnc(NCCCN(CC)CC)c21. The van der Waals surface area contributed by atoms with Crippen LogP contribution in [0.15, 0.2) is 36.5 Å².